The van der Waals surface area contributed by atoms with Crippen LogP contribution in [-0.2, 0) is 4.43 Å². The van der Waals surface area contributed by atoms with Crippen LogP contribution in [0.5, 0.6) is 0 Å². The molecule has 0 aromatic carbocycles. The highest BCUT2D eigenvalue weighted by atomic mass is 35.5. The molecule has 0 bridgehead atoms. The van der Waals surface area contributed by atoms with E-state index >= 15 is 0 Å². The maximum absolute atomic E-state index is 5.71. The van der Waals surface area contributed by atoms with Gasteiger partial charge in [0.1, 0.15) is 0 Å². The average Bonchev–Trinajstić information content (AvgIpc) is 2.07. The third-order valence-corrected chi connectivity index (χ3v) is 5.91. The van der Waals surface area contributed by atoms with E-state index < -0.39 is 8.32 Å². The molecular weight excluding hydrogens is 188 g/mol. The zero-order valence-corrected chi connectivity index (χ0v) is 9.60. The summed E-state index contributed by atoms with van der Waals surface area (Å²) < 4.78 is 5.71. The van der Waals surface area contributed by atoms with Gasteiger partial charge in [-0.05, 0) is 5.54 Å². The Labute approximate surface area is 81.2 Å². The molecule has 0 amide bonds. The van der Waals surface area contributed by atoms with Crippen molar-refractivity contribution in [3.05, 3.63) is 24.6 Å². The molecule has 0 fully saturated rings. The van der Waals surface area contributed by atoms with Crippen molar-refractivity contribution >= 4 is 19.9 Å². The fourth-order valence-electron chi connectivity index (χ4n) is 1.05. The normalized spacial score (nSPS) is 11.7. The molecule has 0 aliphatic carbocycles. The third kappa shape index (κ3) is 2.77. The zero-order chi connectivity index (χ0) is 9.61. The summed E-state index contributed by atoms with van der Waals surface area (Å²) in [4.78, 5) is 0. The van der Waals surface area contributed by atoms with Crippen LogP contribution in [0, 0.1) is 0 Å². The Balaban J connectivity index is 4.35. The van der Waals surface area contributed by atoms with Crippen molar-refractivity contribution in [1.82, 2.24) is 0 Å². The Bertz CT molecular complexity index is 149. The lowest BCUT2D eigenvalue weighted by atomic mass is 10.6. The van der Waals surface area contributed by atoms with Crippen molar-refractivity contribution in [2.75, 3.05) is 12.5 Å². The van der Waals surface area contributed by atoms with Crippen LogP contribution < -0.4 is 0 Å². The SMILES string of the molecule is C=C[Si](C=C)(OCCCl)C(C)C. The predicted molar refractivity (Wildman–Crippen MR) is 57.9 cm³/mol. The molecule has 0 unspecified atom stereocenters. The molecular formula is C9H17ClOSi. The standard InChI is InChI=1S/C9H17ClOSi/c1-5-12(6-2,9(3)4)11-8-7-10/h5-6,9H,1-2,7-8H2,3-4H3. The molecule has 70 valence electrons. The topological polar surface area (TPSA) is 9.23 Å². The van der Waals surface area contributed by atoms with Gasteiger partial charge in [0, 0.05) is 12.5 Å². The van der Waals surface area contributed by atoms with Gasteiger partial charge in [0.25, 0.3) is 0 Å². The van der Waals surface area contributed by atoms with E-state index in [9.17, 15) is 0 Å². The Morgan fingerprint density at radius 3 is 2.17 bits per heavy atom. The molecule has 0 aromatic heterocycles. The van der Waals surface area contributed by atoms with E-state index in [1.807, 2.05) is 11.4 Å². The maximum Gasteiger partial charge on any atom is 0.242 e. The number of rotatable bonds is 6. The fourth-order valence-corrected chi connectivity index (χ4v) is 3.40. The van der Waals surface area contributed by atoms with Crippen LogP contribution in [0.25, 0.3) is 0 Å². The van der Waals surface area contributed by atoms with E-state index in [1.54, 1.807) is 0 Å². The van der Waals surface area contributed by atoms with Gasteiger partial charge in [0.05, 0.1) is 0 Å². The van der Waals surface area contributed by atoms with E-state index in [0.717, 1.165) is 0 Å². The van der Waals surface area contributed by atoms with Crippen molar-refractivity contribution in [3.63, 3.8) is 0 Å². The van der Waals surface area contributed by atoms with Gasteiger partial charge in [-0.15, -0.1) is 24.8 Å². The first-order chi connectivity index (χ1) is 5.63. The van der Waals surface area contributed by atoms with Crippen LogP contribution in [0.3, 0.4) is 0 Å². The molecule has 0 spiro atoms. The van der Waals surface area contributed by atoms with Gasteiger partial charge in [-0.3, -0.25) is 0 Å². The lowest BCUT2D eigenvalue weighted by molar-refractivity contribution is 0.333. The molecule has 12 heavy (non-hydrogen) atoms. The predicted octanol–water partition coefficient (Wildman–Crippen LogP) is 3.05. The van der Waals surface area contributed by atoms with Gasteiger partial charge < -0.3 is 4.43 Å². The molecule has 3 heteroatoms. The first-order valence-corrected chi connectivity index (χ1v) is 6.77. The summed E-state index contributed by atoms with van der Waals surface area (Å²) in [6.45, 7) is 12.4. The lowest BCUT2D eigenvalue weighted by Crippen LogP contribution is -2.38. The third-order valence-electron chi connectivity index (χ3n) is 1.97. The molecule has 0 N–H and O–H groups in total. The second kappa shape index (κ2) is 5.57. The Morgan fingerprint density at radius 2 is 1.92 bits per heavy atom. The molecule has 0 radical (unpaired) electrons. The number of hydrogen-bond donors (Lipinski definition) is 0. The maximum atomic E-state index is 5.71. The van der Waals surface area contributed by atoms with Gasteiger partial charge in [0.15, 0.2) is 0 Å². The first-order valence-electron chi connectivity index (χ1n) is 4.10. The van der Waals surface area contributed by atoms with E-state index in [1.165, 1.54) is 0 Å². The molecule has 0 saturated carbocycles. The molecule has 0 aliphatic rings. The van der Waals surface area contributed by atoms with Crippen LogP contribution >= 0.6 is 11.6 Å². The summed E-state index contributed by atoms with van der Waals surface area (Å²) in [5, 5.41) is 0. The monoisotopic (exact) mass is 204 g/mol. The molecule has 0 heterocycles. The highest BCUT2D eigenvalue weighted by Crippen LogP contribution is 2.23. The summed E-state index contributed by atoms with van der Waals surface area (Å²) in [6.07, 6.45) is 0. The summed E-state index contributed by atoms with van der Waals surface area (Å²) in [5.41, 5.74) is 4.30. The van der Waals surface area contributed by atoms with Gasteiger partial charge in [-0.2, -0.15) is 0 Å². The fraction of sp³-hybridized carbons (Fsp3) is 0.556. The van der Waals surface area contributed by atoms with Gasteiger partial charge in [-0.1, -0.05) is 25.2 Å². The molecule has 0 rings (SSSR count). The highest BCUT2D eigenvalue weighted by Gasteiger charge is 2.31. The minimum absolute atomic E-state index is 0.468. The number of hydrogen-bond acceptors (Lipinski definition) is 1. The van der Waals surface area contributed by atoms with Crippen molar-refractivity contribution in [3.8, 4) is 0 Å². The lowest BCUT2D eigenvalue weighted by Gasteiger charge is -2.27. The van der Waals surface area contributed by atoms with E-state index in [2.05, 4.69) is 27.0 Å². The second-order valence-electron chi connectivity index (χ2n) is 2.95. The van der Waals surface area contributed by atoms with Crippen molar-refractivity contribution in [1.29, 1.82) is 0 Å². The van der Waals surface area contributed by atoms with Crippen molar-refractivity contribution < 1.29 is 4.43 Å². The quantitative estimate of drug-likeness (QED) is 0.478. The molecule has 0 atom stereocenters. The summed E-state index contributed by atoms with van der Waals surface area (Å²) >= 11 is 5.55. The average molecular weight is 205 g/mol. The molecule has 0 aromatic rings. The summed E-state index contributed by atoms with van der Waals surface area (Å²) in [7, 11) is -1.90. The summed E-state index contributed by atoms with van der Waals surface area (Å²) in [6, 6.07) is 0. The second-order valence-corrected chi connectivity index (χ2v) is 7.30. The smallest absolute Gasteiger partial charge is 0.242 e. The zero-order valence-electron chi connectivity index (χ0n) is 7.85. The van der Waals surface area contributed by atoms with Gasteiger partial charge in [-0.25, -0.2) is 0 Å². The Kier molecular flexibility index (Phi) is 5.54. The van der Waals surface area contributed by atoms with E-state index in [0.29, 0.717) is 18.0 Å². The number of alkyl halides is 1. The largest absolute Gasteiger partial charge is 0.408 e. The van der Waals surface area contributed by atoms with E-state index in [-0.39, 0.29) is 0 Å². The highest BCUT2D eigenvalue weighted by molar-refractivity contribution is 6.84. The molecule has 0 saturated heterocycles. The number of halogens is 1. The minimum atomic E-state index is -1.90. The summed E-state index contributed by atoms with van der Waals surface area (Å²) in [5.74, 6) is 0.531. The van der Waals surface area contributed by atoms with E-state index in [4.69, 9.17) is 16.0 Å². The molecule has 1 nitrogen and oxygen atoms in total. The minimum Gasteiger partial charge on any atom is -0.408 e. The van der Waals surface area contributed by atoms with Crippen molar-refractivity contribution in [2.24, 2.45) is 0 Å². The van der Waals surface area contributed by atoms with Gasteiger partial charge >= 0.3 is 0 Å². The first kappa shape index (κ1) is 11.9. The van der Waals surface area contributed by atoms with Crippen LogP contribution in [0.4, 0.5) is 0 Å². The Morgan fingerprint density at radius 1 is 1.42 bits per heavy atom. The van der Waals surface area contributed by atoms with Gasteiger partial charge in [0.2, 0.25) is 8.32 Å². The molecule has 0 aliphatic heterocycles. The van der Waals surface area contributed by atoms with Crippen LogP contribution in [0.15, 0.2) is 24.6 Å². The van der Waals surface area contributed by atoms with Crippen molar-refractivity contribution in [2.45, 2.75) is 19.4 Å². The Hall–Kier alpha value is -0.0531. The van der Waals surface area contributed by atoms with Crippen LogP contribution in [0.2, 0.25) is 5.54 Å². The van der Waals surface area contributed by atoms with Crippen LogP contribution in [-0.4, -0.2) is 20.8 Å². The van der Waals surface area contributed by atoms with Crippen LogP contribution in [0.1, 0.15) is 13.8 Å².